The summed E-state index contributed by atoms with van der Waals surface area (Å²) in [7, 11) is 1.62. The minimum atomic E-state index is -1.92. The van der Waals surface area contributed by atoms with Crippen LogP contribution in [0.2, 0.25) is 5.02 Å². The Balaban J connectivity index is 2.51. The van der Waals surface area contributed by atoms with Gasteiger partial charge in [-0.3, -0.25) is 0 Å². The van der Waals surface area contributed by atoms with Gasteiger partial charge >= 0.3 is 5.97 Å². The van der Waals surface area contributed by atoms with E-state index in [-0.39, 0.29) is 5.82 Å². The van der Waals surface area contributed by atoms with Gasteiger partial charge in [-0.15, -0.1) is 0 Å². The van der Waals surface area contributed by atoms with Crippen molar-refractivity contribution >= 4 is 28.6 Å². The number of hydrogen-bond donors (Lipinski definition) is 3. The monoisotopic (exact) mass is 270 g/mol. The Bertz CT molecular complexity index is 610. The highest BCUT2D eigenvalue weighted by molar-refractivity contribution is 6.31. The van der Waals surface area contributed by atoms with Crippen LogP contribution in [-0.4, -0.2) is 36.9 Å². The van der Waals surface area contributed by atoms with Crippen molar-refractivity contribution in [3.8, 4) is 0 Å². The van der Waals surface area contributed by atoms with Gasteiger partial charge in [0.2, 0.25) is 0 Å². The molecule has 1 aromatic carbocycles. The number of fused-ring (bicyclic) bond motifs is 1. The van der Waals surface area contributed by atoms with Crippen LogP contribution in [0.15, 0.2) is 18.2 Å². The molecule has 6 nitrogen and oxygen atoms in total. The average Bonchev–Trinajstić information content (AvgIpc) is 2.64. The van der Waals surface area contributed by atoms with Crippen LogP contribution < -0.4 is 0 Å². The molecule has 0 spiro atoms. The zero-order valence-electron chi connectivity index (χ0n) is 9.41. The van der Waals surface area contributed by atoms with E-state index in [2.05, 4.69) is 4.98 Å². The third-order valence-corrected chi connectivity index (χ3v) is 2.93. The minimum absolute atomic E-state index is 0.0715. The molecule has 0 bridgehead atoms. The fraction of sp³-hybridized carbons (Fsp3) is 0.273. The maximum atomic E-state index is 10.6. The second-order valence-corrected chi connectivity index (χ2v) is 4.33. The number of halogens is 1. The Morgan fingerprint density at radius 2 is 2.11 bits per heavy atom. The zero-order chi connectivity index (χ0) is 13.4. The molecule has 0 aliphatic rings. The summed E-state index contributed by atoms with van der Waals surface area (Å²) in [6.45, 7) is 0. The first-order valence-electron chi connectivity index (χ1n) is 5.12. The Morgan fingerprint density at radius 1 is 1.44 bits per heavy atom. The summed E-state index contributed by atoms with van der Waals surface area (Å²) in [4.78, 5) is 14.7. The number of aliphatic carboxylic acids is 1. The van der Waals surface area contributed by atoms with Crippen LogP contribution in [0, 0.1) is 0 Å². The molecule has 18 heavy (non-hydrogen) atoms. The number of carbonyl (C=O) groups is 1. The van der Waals surface area contributed by atoms with Gasteiger partial charge in [0.05, 0.1) is 11.0 Å². The zero-order valence-corrected chi connectivity index (χ0v) is 10.2. The number of aryl methyl sites for hydroxylation is 1. The molecular formula is C11H11ClN2O4. The normalized spacial score (nSPS) is 14.7. The van der Waals surface area contributed by atoms with E-state index in [0.29, 0.717) is 16.1 Å². The number of nitrogens with zero attached hydrogens (tertiary/aromatic N) is 2. The predicted molar refractivity (Wildman–Crippen MR) is 64.3 cm³/mol. The number of hydrogen-bond acceptors (Lipinski definition) is 4. The van der Waals surface area contributed by atoms with Gasteiger partial charge in [0.25, 0.3) is 0 Å². The van der Waals surface area contributed by atoms with E-state index < -0.39 is 18.2 Å². The van der Waals surface area contributed by atoms with Crippen molar-refractivity contribution in [2.45, 2.75) is 12.2 Å². The largest absolute Gasteiger partial charge is 0.479 e. The van der Waals surface area contributed by atoms with Crippen LogP contribution in [0.5, 0.6) is 0 Å². The molecule has 1 aromatic heterocycles. The molecular weight excluding hydrogens is 260 g/mol. The second-order valence-electron chi connectivity index (χ2n) is 3.89. The van der Waals surface area contributed by atoms with Gasteiger partial charge in [-0.05, 0) is 18.2 Å². The highest BCUT2D eigenvalue weighted by Crippen LogP contribution is 2.24. The maximum absolute atomic E-state index is 10.6. The van der Waals surface area contributed by atoms with Gasteiger partial charge in [-0.1, -0.05) is 11.6 Å². The molecule has 96 valence electrons. The van der Waals surface area contributed by atoms with Gasteiger partial charge in [0, 0.05) is 12.1 Å². The molecule has 0 fully saturated rings. The summed E-state index contributed by atoms with van der Waals surface area (Å²) in [5.41, 5.74) is 1.21. The molecule has 2 atom stereocenters. The Kier molecular flexibility index (Phi) is 3.25. The van der Waals surface area contributed by atoms with Crippen LogP contribution >= 0.6 is 11.6 Å². The van der Waals surface area contributed by atoms with Crippen molar-refractivity contribution in [2.24, 2.45) is 7.05 Å². The molecule has 3 N–H and O–H groups in total. The van der Waals surface area contributed by atoms with Crippen molar-refractivity contribution in [1.29, 1.82) is 0 Å². The fourth-order valence-electron chi connectivity index (χ4n) is 1.73. The van der Waals surface area contributed by atoms with Crippen molar-refractivity contribution in [3.05, 3.63) is 29.0 Å². The van der Waals surface area contributed by atoms with E-state index in [1.165, 1.54) is 4.57 Å². The summed E-state index contributed by atoms with van der Waals surface area (Å²) in [5.74, 6) is -1.44. The number of aliphatic hydroxyl groups excluding tert-OH is 2. The first-order chi connectivity index (χ1) is 8.41. The molecule has 0 saturated carbocycles. The molecule has 2 aromatic rings. The molecule has 1 heterocycles. The van der Waals surface area contributed by atoms with Crippen LogP contribution in [0.25, 0.3) is 11.0 Å². The van der Waals surface area contributed by atoms with Gasteiger partial charge in [0.15, 0.2) is 6.10 Å². The summed E-state index contributed by atoms with van der Waals surface area (Å²) >= 11 is 5.82. The standard InChI is InChI=1S/C11H11ClN2O4/c1-14-7-3-2-5(12)4-6(7)13-10(14)8(15)9(16)11(17)18/h2-4,8-9,15-16H,1H3,(H,17,18). The van der Waals surface area contributed by atoms with Crippen LogP contribution in [0.3, 0.4) is 0 Å². The van der Waals surface area contributed by atoms with E-state index in [0.717, 1.165) is 0 Å². The highest BCUT2D eigenvalue weighted by Gasteiger charge is 2.29. The van der Waals surface area contributed by atoms with E-state index in [4.69, 9.17) is 16.7 Å². The first kappa shape index (κ1) is 12.8. The fourth-order valence-corrected chi connectivity index (χ4v) is 1.90. The molecule has 7 heteroatoms. The quantitative estimate of drug-likeness (QED) is 0.763. The van der Waals surface area contributed by atoms with Crippen molar-refractivity contribution in [1.82, 2.24) is 9.55 Å². The molecule has 0 saturated heterocycles. The van der Waals surface area contributed by atoms with Crippen molar-refractivity contribution in [2.75, 3.05) is 0 Å². The Labute approximate surface area is 107 Å². The summed E-state index contributed by atoms with van der Waals surface area (Å²) in [6.07, 6.45) is -3.52. The third-order valence-electron chi connectivity index (χ3n) is 2.69. The minimum Gasteiger partial charge on any atom is -0.479 e. The number of aliphatic hydroxyl groups is 2. The van der Waals surface area contributed by atoms with Crippen LogP contribution in [0.4, 0.5) is 0 Å². The van der Waals surface area contributed by atoms with E-state index >= 15 is 0 Å². The van der Waals surface area contributed by atoms with Gasteiger partial charge in [0.1, 0.15) is 11.9 Å². The summed E-state index contributed by atoms with van der Waals surface area (Å²) in [6, 6.07) is 4.96. The topological polar surface area (TPSA) is 95.6 Å². The van der Waals surface area contributed by atoms with E-state index in [1.807, 2.05) is 0 Å². The lowest BCUT2D eigenvalue weighted by molar-refractivity contribution is -0.153. The molecule has 2 unspecified atom stereocenters. The number of carboxylic acids is 1. The molecule has 0 amide bonds. The Hall–Kier alpha value is -1.63. The Morgan fingerprint density at radius 3 is 2.72 bits per heavy atom. The molecule has 0 radical (unpaired) electrons. The first-order valence-corrected chi connectivity index (χ1v) is 5.50. The molecule has 0 aliphatic carbocycles. The van der Waals surface area contributed by atoms with Crippen LogP contribution in [-0.2, 0) is 11.8 Å². The van der Waals surface area contributed by atoms with E-state index in [9.17, 15) is 15.0 Å². The second kappa shape index (κ2) is 4.56. The van der Waals surface area contributed by atoms with Crippen LogP contribution in [0.1, 0.15) is 11.9 Å². The number of imidazole rings is 1. The van der Waals surface area contributed by atoms with Gasteiger partial charge in [-0.25, -0.2) is 9.78 Å². The van der Waals surface area contributed by atoms with Crippen molar-refractivity contribution in [3.63, 3.8) is 0 Å². The lowest BCUT2D eigenvalue weighted by Gasteiger charge is -2.13. The molecule has 2 rings (SSSR count). The predicted octanol–water partition coefficient (Wildman–Crippen LogP) is 0.706. The molecule has 0 aliphatic heterocycles. The highest BCUT2D eigenvalue weighted by atomic mass is 35.5. The SMILES string of the molecule is Cn1c(C(O)C(O)C(=O)O)nc2cc(Cl)ccc21. The lowest BCUT2D eigenvalue weighted by Crippen LogP contribution is -2.29. The number of benzene rings is 1. The summed E-state index contributed by atoms with van der Waals surface area (Å²) < 4.78 is 1.52. The average molecular weight is 271 g/mol. The van der Waals surface area contributed by atoms with Gasteiger partial charge in [-0.2, -0.15) is 0 Å². The number of carboxylic acid groups (broad SMARTS) is 1. The maximum Gasteiger partial charge on any atom is 0.335 e. The van der Waals surface area contributed by atoms with E-state index in [1.54, 1.807) is 25.2 Å². The smallest absolute Gasteiger partial charge is 0.335 e. The lowest BCUT2D eigenvalue weighted by atomic mass is 10.2. The third kappa shape index (κ3) is 2.05. The number of rotatable bonds is 3. The number of aromatic nitrogens is 2. The van der Waals surface area contributed by atoms with Gasteiger partial charge < -0.3 is 19.9 Å². The summed E-state index contributed by atoms with van der Waals surface area (Å²) in [5, 5.41) is 28.2. The van der Waals surface area contributed by atoms with Crippen molar-refractivity contribution < 1.29 is 20.1 Å².